The van der Waals surface area contributed by atoms with Crippen molar-refractivity contribution in [3.8, 4) is 6.07 Å². The van der Waals surface area contributed by atoms with E-state index in [4.69, 9.17) is 16.9 Å². The Kier molecular flexibility index (Phi) is 1.45. The molecule has 12 heavy (non-hydrogen) atoms. The molecule has 58 valence electrons. The van der Waals surface area contributed by atoms with Crippen molar-refractivity contribution in [2.75, 3.05) is 0 Å². The standard InChI is InChI=1S/C7H3ClN4/c8-6-5-4(1-9)2-10-7(5)12-3-11-6/h2-3H,(H,10,11,12)/p+1. The molecule has 0 radical (unpaired) electrons. The molecule has 0 aliphatic carbocycles. The van der Waals surface area contributed by atoms with Crippen molar-refractivity contribution >= 4 is 22.6 Å². The van der Waals surface area contributed by atoms with E-state index in [0.717, 1.165) is 0 Å². The van der Waals surface area contributed by atoms with Crippen molar-refractivity contribution < 1.29 is 4.98 Å². The quantitative estimate of drug-likeness (QED) is 0.611. The van der Waals surface area contributed by atoms with Gasteiger partial charge in [0.05, 0.1) is 6.20 Å². The van der Waals surface area contributed by atoms with E-state index in [1.807, 2.05) is 6.07 Å². The van der Waals surface area contributed by atoms with Gasteiger partial charge in [-0.25, -0.2) is 4.98 Å². The van der Waals surface area contributed by atoms with Crippen LogP contribution in [0.1, 0.15) is 5.56 Å². The van der Waals surface area contributed by atoms with E-state index in [-0.39, 0.29) is 0 Å². The summed E-state index contributed by atoms with van der Waals surface area (Å²) in [6, 6.07) is 2.02. The minimum absolute atomic E-state index is 0.335. The average molecular weight is 180 g/mol. The highest BCUT2D eigenvalue weighted by atomic mass is 35.5. The van der Waals surface area contributed by atoms with Gasteiger partial charge in [-0.15, -0.1) is 0 Å². The van der Waals surface area contributed by atoms with E-state index in [2.05, 4.69) is 15.0 Å². The van der Waals surface area contributed by atoms with Crippen molar-refractivity contribution in [1.29, 1.82) is 5.26 Å². The summed E-state index contributed by atoms with van der Waals surface area (Å²) in [5.74, 6) is 0. The second-order valence-corrected chi connectivity index (χ2v) is 2.62. The molecule has 2 aromatic rings. The van der Waals surface area contributed by atoms with Crippen molar-refractivity contribution in [1.82, 2.24) is 9.97 Å². The van der Waals surface area contributed by atoms with Crippen molar-refractivity contribution in [2.24, 2.45) is 0 Å². The zero-order valence-electron chi connectivity index (χ0n) is 5.93. The van der Waals surface area contributed by atoms with Crippen LogP contribution in [0, 0.1) is 11.3 Å². The Hall–Kier alpha value is -1.60. The molecule has 0 saturated carbocycles. The van der Waals surface area contributed by atoms with Gasteiger partial charge in [0, 0.05) is 0 Å². The lowest BCUT2D eigenvalue weighted by atomic mass is 10.3. The number of aromatic amines is 2. The number of nitrogens with one attached hydrogen (secondary N) is 2. The summed E-state index contributed by atoms with van der Waals surface area (Å²) < 4.78 is 0. The molecule has 0 aliphatic rings. The number of nitriles is 1. The molecule has 2 N–H and O–H groups in total. The molecule has 2 aromatic heterocycles. The second-order valence-electron chi connectivity index (χ2n) is 2.26. The second kappa shape index (κ2) is 2.47. The molecule has 4 nitrogen and oxygen atoms in total. The molecule has 0 unspecified atom stereocenters. The zero-order chi connectivity index (χ0) is 8.55. The van der Waals surface area contributed by atoms with Crippen LogP contribution in [0.25, 0.3) is 11.0 Å². The first-order valence-corrected chi connectivity index (χ1v) is 3.64. The van der Waals surface area contributed by atoms with Gasteiger partial charge in [0.15, 0.2) is 0 Å². The van der Waals surface area contributed by atoms with Gasteiger partial charge in [0.25, 0.3) is 0 Å². The number of nitrogens with zero attached hydrogens (tertiary/aromatic N) is 2. The smallest absolute Gasteiger partial charge is 0.236 e. The van der Waals surface area contributed by atoms with E-state index in [1.54, 1.807) is 6.20 Å². The first-order chi connectivity index (χ1) is 5.83. The molecule has 5 heteroatoms. The third-order valence-electron chi connectivity index (χ3n) is 1.59. The molecule has 0 aromatic carbocycles. The zero-order valence-corrected chi connectivity index (χ0v) is 6.68. The van der Waals surface area contributed by atoms with Gasteiger partial charge in [-0.2, -0.15) is 5.26 Å². The van der Waals surface area contributed by atoms with Gasteiger partial charge in [-0.05, 0) is 11.6 Å². The number of fused-ring (bicyclic) bond motifs is 1. The van der Waals surface area contributed by atoms with E-state index in [0.29, 0.717) is 21.7 Å². The Morgan fingerprint density at radius 1 is 1.67 bits per heavy atom. The van der Waals surface area contributed by atoms with Gasteiger partial charge in [0.1, 0.15) is 17.0 Å². The maximum atomic E-state index is 8.68. The summed E-state index contributed by atoms with van der Waals surface area (Å²) in [5.41, 5.74) is 1.21. The van der Waals surface area contributed by atoms with Crippen molar-refractivity contribution in [3.63, 3.8) is 0 Å². The fourth-order valence-corrected chi connectivity index (χ4v) is 1.30. The molecule has 0 amide bonds. The Balaban J connectivity index is 2.95. The summed E-state index contributed by atoms with van der Waals surface area (Å²) in [5, 5.41) is 9.65. The molecule has 0 spiro atoms. The normalized spacial score (nSPS) is 10.0. The van der Waals surface area contributed by atoms with Crippen molar-refractivity contribution in [2.45, 2.75) is 0 Å². The summed E-state index contributed by atoms with van der Waals surface area (Å²) in [7, 11) is 0. The highest BCUT2D eigenvalue weighted by Crippen LogP contribution is 2.20. The molecule has 0 fully saturated rings. The highest BCUT2D eigenvalue weighted by Gasteiger charge is 2.13. The van der Waals surface area contributed by atoms with E-state index < -0.39 is 0 Å². The van der Waals surface area contributed by atoms with Gasteiger partial charge in [0.2, 0.25) is 17.1 Å². The largest absolute Gasteiger partial charge is 0.278 e. The average Bonchev–Trinajstić information content (AvgIpc) is 2.49. The summed E-state index contributed by atoms with van der Waals surface area (Å²) in [6.45, 7) is 0. The van der Waals surface area contributed by atoms with E-state index in [9.17, 15) is 0 Å². The SMILES string of the molecule is N#Cc1c[nH]c2[nH+]cnc(Cl)c12. The summed E-state index contributed by atoms with van der Waals surface area (Å²) in [6.07, 6.45) is 3.07. The topological polar surface area (TPSA) is 66.6 Å². The number of aromatic nitrogens is 3. The Labute approximate surface area is 72.8 Å². The predicted octanol–water partition coefficient (Wildman–Crippen LogP) is 0.902. The lowest BCUT2D eigenvalue weighted by Crippen LogP contribution is -2.03. The number of hydrogen-bond donors (Lipinski definition) is 1. The number of hydrogen-bond acceptors (Lipinski definition) is 2. The first-order valence-electron chi connectivity index (χ1n) is 3.26. The number of halogens is 1. The van der Waals surface area contributed by atoms with E-state index >= 15 is 0 Å². The predicted molar refractivity (Wildman–Crippen MR) is 42.4 cm³/mol. The molecule has 0 atom stereocenters. The molecular weight excluding hydrogens is 176 g/mol. The van der Waals surface area contributed by atoms with E-state index in [1.165, 1.54) is 6.33 Å². The maximum absolute atomic E-state index is 8.68. The lowest BCUT2D eigenvalue weighted by molar-refractivity contribution is -0.352. The monoisotopic (exact) mass is 179 g/mol. The van der Waals surface area contributed by atoms with Crippen LogP contribution in [0.5, 0.6) is 0 Å². The summed E-state index contributed by atoms with van der Waals surface area (Å²) in [4.78, 5) is 9.55. The fourth-order valence-electron chi connectivity index (χ4n) is 1.06. The van der Waals surface area contributed by atoms with Crippen LogP contribution in [0.4, 0.5) is 0 Å². The van der Waals surface area contributed by atoms with Gasteiger partial charge in [-0.3, -0.25) is 4.98 Å². The minimum atomic E-state index is 0.335. The third-order valence-corrected chi connectivity index (χ3v) is 1.88. The first kappa shape index (κ1) is 7.07. The molecule has 0 aliphatic heterocycles. The van der Waals surface area contributed by atoms with Crippen LogP contribution in [-0.4, -0.2) is 9.97 Å². The fraction of sp³-hybridized carbons (Fsp3) is 0. The molecular formula is C7H4ClN4+. The molecule has 0 bridgehead atoms. The highest BCUT2D eigenvalue weighted by molar-refractivity contribution is 6.34. The number of H-pyrrole nitrogens is 2. The Morgan fingerprint density at radius 2 is 2.50 bits per heavy atom. The van der Waals surface area contributed by atoms with Crippen LogP contribution in [0.2, 0.25) is 5.15 Å². The minimum Gasteiger partial charge on any atom is -0.278 e. The van der Waals surface area contributed by atoms with Crippen LogP contribution in [0.15, 0.2) is 12.5 Å². The Bertz CT molecular complexity index is 468. The number of rotatable bonds is 0. The maximum Gasteiger partial charge on any atom is 0.236 e. The molecule has 0 saturated heterocycles. The van der Waals surface area contributed by atoms with Crippen LogP contribution >= 0.6 is 11.6 Å². The molecule has 2 rings (SSSR count). The van der Waals surface area contributed by atoms with Gasteiger partial charge < -0.3 is 0 Å². The van der Waals surface area contributed by atoms with Gasteiger partial charge >= 0.3 is 0 Å². The van der Waals surface area contributed by atoms with Crippen LogP contribution in [0.3, 0.4) is 0 Å². The summed E-state index contributed by atoms with van der Waals surface area (Å²) >= 11 is 5.78. The van der Waals surface area contributed by atoms with Crippen molar-refractivity contribution in [3.05, 3.63) is 23.2 Å². The Morgan fingerprint density at radius 3 is 3.25 bits per heavy atom. The lowest BCUT2D eigenvalue weighted by Gasteiger charge is -1.84. The van der Waals surface area contributed by atoms with Crippen LogP contribution in [-0.2, 0) is 0 Å². The van der Waals surface area contributed by atoms with Crippen LogP contribution < -0.4 is 4.98 Å². The molecule has 2 heterocycles. The third kappa shape index (κ3) is 0.840. The van der Waals surface area contributed by atoms with Gasteiger partial charge in [-0.1, -0.05) is 4.98 Å².